The molecule has 1 aliphatic rings. The number of esters is 1. The van der Waals surface area contributed by atoms with Crippen molar-refractivity contribution in [2.75, 3.05) is 35.7 Å². The van der Waals surface area contributed by atoms with Crippen molar-refractivity contribution in [3.8, 4) is 11.5 Å². The van der Waals surface area contributed by atoms with Crippen LogP contribution in [0.5, 0.6) is 11.5 Å². The van der Waals surface area contributed by atoms with Gasteiger partial charge in [-0.3, -0.25) is 9.10 Å². The maximum Gasteiger partial charge on any atom is 0.338 e. The summed E-state index contributed by atoms with van der Waals surface area (Å²) in [6, 6.07) is 8.48. The Morgan fingerprint density at radius 1 is 1.16 bits per heavy atom. The number of amides is 1. The van der Waals surface area contributed by atoms with Crippen molar-refractivity contribution >= 4 is 33.3 Å². The highest BCUT2D eigenvalue weighted by atomic mass is 32.2. The molecule has 0 fully saturated rings. The van der Waals surface area contributed by atoms with Gasteiger partial charge in [-0.25, -0.2) is 13.2 Å². The van der Waals surface area contributed by atoms with Crippen LogP contribution in [0.2, 0.25) is 0 Å². The van der Waals surface area contributed by atoms with Gasteiger partial charge in [0.2, 0.25) is 15.9 Å². The molecule has 9 nitrogen and oxygen atoms in total. The third-order valence-corrected chi connectivity index (χ3v) is 6.20. The lowest BCUT2D eigenvalue weighted by Gasteiger charge is -2.29. The summed E-state index contributed by atoms with van der Waals surface area (Å²) in [5.41, 5.74) is 1.51. The lowest BCUT2D eigenvalue weighted by atomic mass is 10.1. The van der Waals surface area contributed by atoms with E-state index in [1.54, 1.807) is 44.2 Å². The van der Waals surface area contributed by atoms with Gasteiger partial charge < -0.3 is 19.5 Å². The molecular weight excluding hydrogens is 436 g/mol. The molecule has 0 bridgehead atoms. The van der Waals surface area contributed by atoms with E-state index >= 15 is 0 Å². The van der Waals surface area contributed by atoms with Crippen molar-refractivity contribution < 1.29 is 32.2 Å². The van der Waals surface area contributed by atoms with Crippen molar-refractivity contribution in [3.63, 3.8) is 0 Å². The zero-order valence-electron chi connectivity index (χ0n) is 18.4. The van der Waals surface area contributed by atoms with Crippen LogP contribution in [0.1, 0.15) is 29.8 Å². The van der Waals surface area contributed by atoms with E-state index in [0.717, 1.165) is 10.6 Å². The first-order valence-electron chi connectivity index (χ1n) is 10.1. The molecule has 0 spiro atoms. The fourth-order valence-electron chi connectivity index (χ4n) is 3.42. The minimum absolute atomic E-state index is 0.227. The molecule has 1 atom stereocenters. The second-order valence-corrected chi connectivity index (χ2v) is 9.11. The summed E-state index contributed by atoms with van der Waals surface area (Å²) in [5.74, 6) is -0.137. The first-order chi connectivity index (χ1) is 15.1. The molecule has 0 aromatic heterocycles. The average molecular weight is 463 g/mol. The number of rotatable bonds is 7. The number of fused-ring (bicyclic) bond motifs is 1. The zero-order valence-corrected chi connectivity index (χ0v) is 19.2. The molecule has 3 rings (SSSR count). The van der Waals surface area contributed by atoms with Crippen molar-refractivity contribution in [2.45, 2.75) is 26.8 Å². The van der Waals surface area contributed by atoms with Gasteiger partial charge in [0.15, 0.2) is 11.5 Å². The maximum atomic E-state index is 13.0. The zero-order chi connectivity index (χ0) is 23.5. The molecule has 0 radical (unpaired) electrons. The lowest BCUT2D eigenvalue weighted by molar-refractivity contribution is -0.116. The predicted molar refractivity (Wildman–Crippen MR) is 120 cm³/mol. The van der Waals surface area contributed by atoms with Crippen LogP contribution >= 0.6 is 0 Å². The van der Waals surface area contributed by atoms with Gasteiger partial charge in [-0.05, 0) is 50.6 Å². The number of sulfonamides is 1. The number of nitrogens with zero attached hydrogens (tertiary/aromatic N) is 1. The molecule has 0 saturated heterocycles. The summed E-state index contributed by atoms with van der Waals surface area (Å²) >= 11 is 0. The highest BCUT2D eigenvalue weighted by Gasteiger charge is 2.30. The van der Waals surface area contributed by atoms with Gasteiger partial charge in [-0.2, -0.15) is 0 Å². The monoisotopic (exact) mass is 462 g/mol. The Hall–Kier alpha value is -3.27. The van der Waals surface area contributed by atoms with E-state index in [0.29, 0.717) is 41.5 Å². The van der Waals surface area contributed by atoms with E-state index in [1.807, 2.05) is 0 Å². The van der Waals surface area contributed by atoms with Crippen LogP contribution in [0.4, 0.5) is 11.4 Å². The molecule has 2 aromatic carbocycles. The largest absolute Gasteiger partial charge is 0.486 e. The summed E-state index contributed by atoms with van der Waals surface area (Å²) < 4.78 is 42.3. The summed E-state index contributed by atoms with van der Waals surface area (Å²) in [6.45, 7) is 5.86. The number of hydrogen-bond acceptors (Lipinski definition) is 7. The van der Waals surface area contributed by atoms with Crippen LogP contribution in [0.15, 0.2) is 36.4 Å². The third-order valence-electron chi connectivity index (χ3n) is 4.96. The molecule has 2 aromatic rings. The summed E-state index contributed by atoms with van der Waals surface area (Å²) in [6.07, 6.45) is 1.03. The Morgan fingerprint density at radius 3 is 2.50 bits per heavy atom. The minimum atomic E-state index is -3.82. The number of nitrogens with one attached hydrogen (secondary N) is 1. The standard InChI is InChI=1S/C22H26N2O7S/c1-5-29-22(26)17-7-6-8-18(14(17)2)23-21(25)15(3)24(32(4,27)28)16-9-10-19-20(13-16)31-12-11-30-19/h6-10,13,15H,5,11-12H2,1-4H3,(H,23,25). The van der Waals surface area contributed by atoms with Gasteiger partial charge >= 0.3 is 5.97 Å². The van der Waals surface area contributed by atoms with Crippen LogP contribution < -0.4 is 19.1 Å². The second-order valence-electron chi connectivity index (χ2n) is 7.25. The fourth-order valence-corrected chi connectivity index (χ4v) is 4.58. The topological polar surface area (TPSA) is 111 Å². The second kappa shape index (κ2) is 9.47. The van der Waals surface area contributed by atoms with Gasteiger partial charge in [-0.15, -0.1) is 0 Å². The molecule has 1 N–H and O–H groups in total. The van der Waals surface area contributed by atoms with Crippen LogP contribution in [0, 0.1) is 6.92 Å². The van der Waals surface area contributed by atoms with Crippen molar-refractivity contribution in [1.29, 1.82) is 0 Å². The Kier molecular flexibility index (Phi) is 6.93. The molecule has 1 aliphatic heterocycles. The van der Waals surface area contributed by atoms with Crippen LogP contribution in [-0.4, -0.2) is 52.4 Å². The van der Waals surface area contributed by atoms with E-state index in [-0.39, 0.29) is 12.3 Å². The fraction of sp³-hybridized carbons (Fsp3) is 0.364. The number of anilines is 2. The molecule has 0 saturated carbocycles. The molecule has 1 unspecified atom stereocenters. The molecule has 10 heteroatoms. The van der Waals surface area contributed by atoms with Crippen LogP contribution in [-0.2, 0) is 19.6 Å². The lowest BCUT2D eigenvalue weighted by Crippen LogP contribution is -2.45. The number of benzene rings is 2. The molecule has 1 heterocycles. The smallest absolute Gasteiger partial charge is 0.338 e. The molecule has 1 amide bonds. The Bertz CT molecular complexity index is 1130. The van der Waals surface area contributed by atoms with E-state index in [9.17, 15) is 18.0 Å². The third kappa shape index (κ3) is 4.96. The molecular formula is C22H26N2O7S. The average Bonchev–Trinajstić information content (AvgIpc) is 2.74. The van der Waals surface area contributed by atoms with Crippen LogP contribution in [0.25, 0.3) is 0 Å². The quantitative estimate of drug-likeness (QED) is 0.630. The van der Waals surface area contributed by atoms with Gasteiger partial charge in [-0.1, -0.05) is 6.07 Å². The van der Waals surface area contributed by atoms with E-state index < -0.39 is 27.9 Å². The van der Waals surface area contributed by atoms with E-state index in [1.165, 1.54) is 13.0 Å². The van der Waals surface area contributed by atoms with E-state index in [2.05, 4.69) is 5.32 Å². The van der Waals surface area contributed by atoms with Gasteiger partial charge in [0.25, 0.3) is 0 Å². The SMILES string of the molecule is CCOC(=O)c1cccc(NC(=O)C(C)N(c2ccc3c(c2)OCCO3)S(C)(=O)=O)c1C. The maximum absolute atomic E-state index is 13.0. The number of carbonyl (C=O) groups excluding carboxylic acids is 2. The first-order valence-corrected chi connectivity index (χ1v) is 11.9. The normalized spacial score (nSPS) is 13.8. The summed E-state index contributed by atoms with van der Waals surface area (Å²) in [4.78, 5) is 25.2. The predicted octanol–water partition coefficient (Wildman–Crippen LogP) is 2.74. The minimum Gasteiger partial charge on any atom is -0.486 e. The highest BCUT2D eigenvalue weighted by Crippen LogP contribution is 2.35. The number of carbonyl (C=O) groups is 2. The molecule has 172 valence electrons. The Labute approximate surface area is 187 Å². The molecule has 32 heavy (non-hydrogen) atoms. The number of ether oxygens (including phenoxy) is 3. The van der Waals surface area contributed by atoms with Gasteiger partial charge in [0.1, 0.15) is 19.3 Å². The Morgan fingerprint density at radius 2 is 1.84 bits per heavy atom. The van der Waals surface area contributed by atoms with Gasteiger partial charge in [0, 0.05) is 11.8 Å². The van der Waals surface area contributed by atoms with Crippen molar-refractivity contribution in [1.82, 2.24) is 0 Å². The number of hydrogen-bond donors (Lipinski definition) is 1. The Balaban J connectivity index is 1.89. The first kappa shape index (κ1) is 23.4. The summed E-state index contributed by atoms with van der Waals surface area (Å²) in [7, 11) is -3.82. The highest BCUT2D eigenvalue weighted by molar-refractivity contribution is 7.92. The van der Waals surface area contributed by atoms with Crippen molar-refractivity contribution in [3.05, 3.63) is 47.5 Å². The van der Waals surface area contributed by atoms with Crippen LogP contribution in [0.3, 0.4) is 0 Å². The van der Waals surface area contributed by atoms with Gasteiger partial charge in [0.05, 0.1) is 24.1 Å². The molecule has 0 aliphatic carbocycles. The van der Waals surface area contributed by atoms with E-state index in [4.69, 9.17) is 14.2 Å². The summed E-state index contributed by atoms with van der Waals surface area (Å²) in [5, 5.41) is 2.72. The van der Waals surface area contributed by atoms with Crippen molar-refractivity contribution in [2.24, 2.45) is 0 Å².